The second kappa shape index (κ2) is 13.3. The predicted octanol–water partition coefficient (Wildman–Crippen LogP) is 6.62. The highest BCUT2D eigenvalue weighted by atomic mass is 79.9. The van der Waals surface area contributed by atoms with Crippen molar-refractivity contribution in [3.8, 4) is 11.5 Å². The van der Waals surface area contributed by atoms with Gasteiger partial charge in [0.15, 0.2) is 16.3 Å². The number of halogens is 2. The molecule has 1 aliphatic rings. The third kappa shape index (κ3) is 5.92. The monoisotopic (exact) mass is 719 g/mol. The van der Waals surface area contributed by atoms with Gasteiger partial charge in [0.2, 0.25) is 0 Å². The SMILES string of the molecule is CCOC(=O)C1=C(C)N=c2s/c(=C/c3cn(Cc4cccc(Cl)c4)c4ccccc34)c(=O)n2[C@H]1c1cc(OC)c(OCC)cc1Br. The topological polar surface area (TPSA) is 84.1 Å². The second-order valence-corrected chi connectivity index (χ2v) is 12.9. The van der Waals surface area contributed by atoms with E-state index in [2.05, 4.69) is 26.6 Å². The molecule has 0 bridgehead atoms. The summed E-state index contributed by atoms with van der Waals surface area (Å²) in [4.78, 5) is 33.0. The van der Waals surface area contributed by atoms with Gasteiger partial charge in [0.1, 0.15) is 0 Å². The molecule has 2 aromatic heterocycles. The molecule has 46 heavy (non-hydrogen) atoms. The van der Waals surface area contributed by atoms with E-state index in [-0.39, 0.29) is 17.7 Å². The van der Waals surface area contributed by atoms with Crippen molar-refractivity contribution in [1.82, 2.24) is 9.13 Å². The van der Waals surface area contributed by atoms with Crippen LogP contribution in [0.15, 0.2) is 92.4 Å². The number of carbonyl (C=O) groups excluding carboxylic acids is 1. The largest absolute Gasteiger partial charge is 0.493 e. The summed E-state index contributed by atoms with van der Waals surface area (Å²) < 4.78 is 21.7. The van der Waals surface area contributed by atoms with Crippen molar-refractivity contribution in [3.63, 3.8) is 0 Å². The first kappa shape index (κ1) is 31.8. The smallest absolute Gasteiger partial charge is 0.338 e. The summed E-state index contributed by atoms with van der Waals surface area (Å²) in [6.45, 7) is 6.64. The van der Waals surface area contributed by atoms with Crippen LogP contribution in [0.4, 0.5) is 0 Å². The maximum Gasteiger partial charge on any atom is 0.338 e. The lowest BCUT2D eigenvalue weighted by atomic mass is 9.95. The lowest BCUT2D eigenvalue weighted by molar-refractivity contribution is -0.139. The Morgan fingerprint density at radius 3 is 2.63 bits per heavy atom. The Balaban J connectivity index is 1.54. The number of benzene rings is 3. The summed E-state index contributed by atoms with van der Waals surface area (Å²) in [5, 5.41) is 1.69. The summed E-state index contributed by atoms with van der Waals surface area (Å²) >= 11 is 11.2. The van der Waals surface area contributed by atoms with Gasteiger partial charge >= 0.3 is 5.97 Å². The van der Waals surface area contributed by atoms with Gasteiger partial charge in [-0.05, 0) is 68.3 Å². The van der Waals surface area contributed by atoms with Crippen LogP contribution >= 0.6 is 38.9 Å². The highest BCUT2D eigenvalue weighted by Crippen LogP contribution is 2.41. The van der Waals surface area contributed by atoms with E-state index in [1.54, 1.807) is 37.7 Å². The first-order valence-electron chi connectivity index (χ1n) is 14.8. The molecule has 1 atom stereocenters. The predicted molar refractivity (Wildman–Crippen MR) is 185 cm³/mol. The van der Waals surface area contributed by atoms with Crippen LogP contribution in [0.3, 0.4) is 0 Å². The van der Waals surface area contributed by atoms with Crippen LogP contribution in [0.2, 0.25) is 5.02 Å². The van der Waals surface area contributed by atoms with Gasteiger partial charge in [-0.2, -0.15) is 0 Å². The summed E-state index contributed by atoms with van der Waals surface area (Å²) in [7, 11) is 1.55. The van der Waals surface area contributed by atoms with E-state index in [0.717, 1.165) is 22.0 Å². The van der Waals surface area contributed by atoms with Crippen LogP contribution < -0.4 is 24.4 Å². The number of carbonyl (C=O) groups is 1. The van der Waals surface area contributed by atoms with Crippen molar-refractivity contribution in [2.75, 3.05) is 20.3 Å². The average molecular weight is 721 g/mol. The molecule has 236 valence electrons. The highest BCUT2D eigenvalue weighted by molar-refractivity contribution is 9.10. The van der Waals surface area contributed by atoms with E-state index in [4.69, 9.17) is 30.8 Å². The first-order chi connectivity index (χ1) is 22.2. The third-order valence-electron chi connectivity index (χ3n) is 7.74. The fourth-order valence-corrected chi connectivity index (χ4v) is 7.56. The van der Waals surface area contributed by atoms with E-state index < -0.39 is 12.0 Å². The number of nitrogens with zero attached hydrogens (tertiary/aromatic N) is 3. The van der Waals surface area contributed by atoms with Crippen LogP contribution in [-0.2, 0) is 16.1 Å². The summed E-state index contributed by atoms with van der Waals surface area (Å²) in [6.07, 6.45) is 3.94. The average Bonchev–Trinajstić information content (AvgIpc) is 3.53. The van der Waals surface area contributed by atoms with Crippen molar-refractivity contribution in [2.24, 2.45) is 4.99 Å². The molecule has 0 saturated carbocycles. The Labute approximate surface area is 282 Å². The van der Waals surface area contributed by atoms with Gasteiger partial charge in [-0.3, -0.25) is 9.36 Å². The molecule has 0 N–H and O–H groups in total. The quantitative estimate of drug-likeness (QED) is 0.160. The number of esters is 1. The Bertz CT molecular complexity index is 2200. The maximum absolute atomic E-state index is 14.4. The lowest BCUT2D eigenvalue weighted by Gasteiger charge is -2.26. The van der Waals surface area contributed by atoms with Crippen molar-refractivity contribution >= 4 is 61.8 Å². The summed E-state index contributed by atoms with van der Waals surface area (Å²) in [5.41, 5.74) is 4.13. The normalized spacial score (nSPS) is 14.7. The van der Waals surface area contributed by atoms with Crippen LogP contribution in [-0.4, -0.2) is 35.4 Å². The Morgan fingerprint density at radius 1 is 1.09 bits per heavy atom. The second-order valence-electron chi connectivity index (χ2n) is 10.6. The molecule has 0 fully saturated rings. The molecule has 8 nitrogen and oxygen atoms in total. The minimum absolute atomic E-state index is 0.180. The van der Waals surface area contributed by atoms with Crippen molar-refractivity contribution < 1.29 is 19.0 Å². The van der Waals surface area contributed by atoms with Gasteiger partial charge in [0.25, 0.3) is 5.56 Å². The number of hydrogen-bond acceptors (Lipinski definition) is 7. The summed E-state index contributed by atoms with van der Waals surface area (Å²) in [6, 6.07) is 18.6. The molecule has 0 spiro atoms. The highest BCUT2D eigenvalue weighted by Gasteiger charge is 2.35. The van der Waals surface area contributed by atoms with Crippen LogP contribution in [0.1, 0.15) is 43.5 Å². The molecular weight excluding hydrogens is 690 g/mol. The van der Waals surface area contributed by atoms with Gasteiger partial charge in [-0.1, -0.05) is 69.2 Å². The molecule has 3 heterocycles. The van der Waals surface area contributed by atoms with Gasteiger partial charge in [0.05, 0.1) is 42.2 Å². The first-order valence-corrected chi connectivity index (χ1v) is 16.7. The standard InChI is InChI=1S/C35H31BrClN3O5S/c1-5-44-29-17-26(36)25(16-28(29)43-4)32-31(34(42)45-6-2)20(3)38-35-40(32)33(41)30(46-35)15-22-19-39(27-13-8-7-12-24(22)27)18-21-10-9-11-23(37)14-21/h7-17,19,32H,5-6,18H2,1-4H3/b30-15+/t32-/m0/s1. The van der Waals surface area contributed by atoms with Crippen molar-refractivity contribution in [1.29, 1.82) is 0 Å². The number of aromatic nitrogens is 2. The molecule has 0 aliphatic carbocycles. The molecule has 6 rings (SSSR count). The third-order valence-corrected chi connectivity index (χ3v) is 9.65. The Kier molecular flexibility index (Phi) is 9.22. The van der Waals surface area contributed by atoms with Gasteiger partial charge in [-0.15, -0.1) is 0 Å². The minimum atomic E-state index is -0.819. The van der Waals surface area contributed by atoms with Crippen LogP contribution in [0.25, 0.3) is 17.0 Å². The zero-order valence-corrected chi connectivity index (χ0v) is 28.8. The van der Waals surface area contributed by atoms with Crippen LogP contribution in [0, 0.1) is 0 Å². The van der Waals surface area contributed by atoms with Crippen molar-refractivity contribution in [3.05, 3.63) is 124 Å². The van der Waals surface area contributed by atoms with Gasteiger partial charge in [-0.25, -0.2) is 9.79 Å². The lowest BCUT2D eigenvalue weighted by Crippen LogP contribution is -2.40. The Morgan fingerprint density at radius 2 is 1.89 bits per heavy atom. The van der Waals surface area contributed by atoms with E-state index >= 15 is 0 Å². The van der Waals surface area contributed by atoms with Gasteiger partial charge in [0, 0.05) is 38.7 Å². The van der Waals surface area contributed by atoms with E-state index in [1.165, 1.54) is 11.3 Å². The number of rotatable bonds is 9. The molecule has 0 radical (unpaired) electrons. The molecule has 0 unspecified atom stereocenters. The summed E-state index contributed by atoms with van der Waals surface area (Å²) in [5.74, 6) is 0.486. The number of methoxy groups -OCH3 is 1. The molecule has 1 aliphatic heterocycles. The maximum atomic E-state index is 14.4. The van der Waals surface area contributed by atoms with E-state index in [1.807, 2.05) is 61.7 Å². The minimum Gasteiger partial charge on any atom is -0.493 e. The molecule has 0 saturated heterocycles. The van der Waals surface area contributed by atoms with E-state index in [9.17, 15) is 9.59 Å². The number of fused-ring (bicyclic) bond motifs is 2. The fourth-order valence-electron chi connectivity index (χ4n) is 5.77. The molecule has 11 heteroatoms. The number of para-hydroxylation sites is 1. The zero-order chi connectivity index (χ0) is 32.5. The fraction of sp³-hybridized carbons (Fsp3) is 0.229. The number of ether oxygens (including phenoxy) is 3. The molecular formula is C35H31BrClN3O5S. The van der Waals surface area contributed by atoms with Crippen molar-refractivity contribution in [2.45, 2.75) is 33.4 Å². The molecule has 3 aromatic carbocycles. The molecule has 0 amide bonds. The number of thiazole rings is 1. The van der Waals surface area contributed by atoms with Crippen LogP contribution in [0.5, 0.6) is 11.5 Å². The Hall–Kier alpha value is -4.12. The van der Waals surface area contributed by atoms with E-state index in [0.29, 0.717) is 54.7 Å². The number of hydrogen-bond donors (Lipinski definition) is 0. The number of allylic oxidation sites excluding steroid dienone is 1. The molecule has 5 aromatic rings. The zero-order valence-electron chi connectivity index (χ0n) is 25.7. The van der Waals surface area contributed by atoms with Gasteiger partial charge < -0.3 is 18.8 Å².